The van der Waals surface area contributed by atoms with Crippen LogP contribution >= 0.6 is 0 Å². The molecule has 0 saturated heterocycles. The average Bonchev–Trinajstić information content (AvgIpc) is 3.58. The van der Waals surface area contributed by atoms with Gasteiger partial charge in [-0.05, 0) is 68.4 Å². The van der Waals surface area contributed by atoms with Crippen LogP contribution in [0.4, 0.5) is 0 Å². The van der Waals surface area contributed by atoms with Gasteiger partial charge >= 0.3 is 0 Å². The van der Waals surface area contributed by atoms with Gasteiger partial charge in [-0.25, -0.2) is 0 Å². The summed E-state index contributed by atoms with van der Waals surface area (Å²) in [7, 11) is 0. The summed E-state index contributed by atoms with van der Waals surface area (Å²) in [5, 5.41) is 6.72. The number of benzene rings is 5. The monoisotopic (exact) mass is 443 g/mol. The van der Waals surface area contributed by atoms with Crippen LogP contribution in [0.2, 0.25) is 0 Å². The van der Waals surface area contributed by atoms with E-state index in [-0.39, 0.29) is 0 Å². The summed E-state index contributed by atoms with van der Waals surface area (Å²) in [6, 6.07) is 36.4. The molecule has 2 aromatic heterocycles. The van der Waals surface area contributed by atoms with E-state index in [1.54, 1.807) is 0 Å². The van der Waals surface area contributed by atoms with Crippen molar-refractivity contribution in [3.8, 4) is 22.3 Å². The van der Waals surface area contributed by atoms with E-state index in [2.05, 4.69) is 108 Å². The van der Waals surface area contributed by atoms with E-state index in [0.29, 0.717) is 0 Å². The molecule has 0 N–H and O–H groups in total. The van der Waals surface area contributed by atoms with Crippen molar-refractivity contribution < 1.29 is 0 Å². The van der Waals surface area contributed by atoms with Gasteiger partial charge in [-0.2, -0.15) is 0 Å². The first-order chi connectivity index (χ1) is 17.3. The largest absolute Gasteiger partial charge is 0.314 e. The fraction of sp³-hybridized carbons (Fsp3) is 0.0588. The van der Waals surface area contributed by atoms with Gasteiger partial charge in [-0.1, -0.05) is 84.9 Å². The van der Waals surface area contributed by atoms with Crippen molar-refractivity contribution in [1.29, 1.82) is 0 Å². The van der Waals surface area contributed by atoms with Gasteiger partial charge in [0.25, 0.3) is 0 Å². The maximum atomic E-state index is 2.50. The van der Waals surface area contributed by atoms with Crippen LogP contribution < -0.4 is 0 Å². The Bertz CT molecular complexity index is 2050. The van der Waals surface area contributed by atoms with Gasteiger partial charge < -0.3 is 4.40 Å². The number of fused-ring (bicyclic) bond motifs is 15. The lowest BCUT2D eigenvalue weighted by atomic mass is 9.94. The minimum absolute atomic E-state index is 0.992. The predicted octanol–water partition coefficient (Wildman–Crippen LogP) is 8.54. The quantitative estimate of drug-likeness (QED) is 0.207. The van der Waals surface area contributed by atoms with Crippen molar-refractivity contribution >= 4 is 38.0 Å². The summed E-state index contributed by atoms with van der Waals surface area (Å²) < 4.78 is 2.50. The van der Waals surface area contributed by atoms with Gasteiger partial charge in [-0.3, -0.25) is 0 Å². The van der Waals surface area contributed by atoms with E-state index in [0.717, 1.165) is 12.8 Å². The highest BCUT2D eigenvalue weighted by Gasteiger charge is 2.25. The number of rotatable bonds is 0. The first-order valence-electron chi connectivity index (χ1n) is 12.5. The van der Waals surface area contributed by atoms with Crippen molar-refractivity contribution in [3.63, 3.8) is 0 Å². The first-order valence-corrected chi connectivity index (χ1v) is 12.5. The lowest BCUT2D eigenvalue weighted by Gasteiger charge is -2.15. The molecule has 7 aromatic rings. The van der Waals surface area contributed by atoms with E-state index >= 15 is 0 Å². The lowest BCUT2D eigenvalue weighted by molar-refractivity contribution is 1.22. The molecule has 0 bridgehead atoms. The smallest absolute Gasteiger partial charge is 0.0613 e. The Balaban J connectivity index is 1.51. The van der Waals surface area contributed by atoms with Crippen LogP contribution in [-0.2, 0) is 12.8 Å². The highest BCUT2D eigenvalue weighted by Crippen LogP contribution is 2.46. The topological polar surface area (TPSA) is 4.41 Å². The SMILES string of the molecule is c1ccc2c(c1)Cc1cc3c(cc1-2)c1ccc2c(c1n1cc4ccccc4c31)Cc1ccccc1-2. The zero-order valence-corrected chi connectivity index (χ0v) is 19.2. The Morgan fingerprint density at radius 2 is 1.20 bits per heavy atom. The van der Waals surface area contributed by atoms with Crippen molar-refractivity contribution in [1.82, 2.24) is 4.40 Å². The van der Waals surface area contributed by atoms with Crippen LogP contribution in [-0.4, -0.2) is 4.40 Å². The molecule has 1 nitrogen and oxygen atoms in total. The van der Waals surface area contributed by atoms with Gasteiger partial charge in [-0.15, -0.1) is 0 Å². The molecular weight excluding hydrogens is 422 g/mol. The molecule has 0 saturated carbocycles. The van der Waals surface area contributed by atoms with Crippen LogP contribution in [0.25, 0.3) is 60.2 Å². The molecule has 162 valence electrons. The van der Waals surface area contributed by atoms with Crippen LogP contribution in [0.5, 0.6) is 0 Å². The number of pyridine rings is 1. The van der Waals surface area contributed by atoms with E-state index in [1.807, 2.05) is 0 Å². The Hall–Kier alpha value is -4.36. The summed E-state index contributed by atoms with van der Waals surface area (Å²) in [6.45, 7) is 0. The summed E-state index contributed by atoms with van der Waals surface area (Å²) in [5.74, 6) is 0. The Morgan fingerprint density at radius 3 is 2.09 bits per heavy atom. The Labute approximate surface area is 202 Å². The minimum atomic E-state index is 0.992. The summed E-state index contributed by atoms with van der Waals surface area (Å²) in [5.41, 5.74) is 14.0. The third kappa shape index (κ3) is 2.19. The summed E-state index contributed by atoms with van der Waals surface area (Å²) in [4.78, 5) is 0. The van der Waals surface area contributed by atoms with Crippen LogP contribution in [0.3, 0.4) is 0 Å². The van der Waals surface area contributed by atoms with Crippen LogP contribution in [0.1, 0.15) is 22.3 Å². The molecule has 2 heterocycles. The molecule has 5 aromatic carbocycles. The fourth-order valence-corrected chi connectivity index (χ4v) is 6.90. The molecule has 0 spiro atoms. The average molecular weight is 444 g/mol. The second kappa shape index (κ2) is 6.20. The van der Waals surface area contributed by atoms with Gasteiger partial charge in [0.05, 0.1) is 11.0 Å². The second-order valence-electron chi connectivity index (χ2n) is 10.1. The van der Waals surface area contributed by atoms with Gasteiger partial charge in [0.2, 0.25) is 0 Å². The van der Waals surface area contributed by atoms with Crippen molar-refractivity contribution in [2.75, 3.05) is 0 Å². The zero-order valence-electron chi connectivity index (χ0n) is 19.2. The van der Waals surface area contributed by atoms with Gasteiger partial charge in [0, 0.05) is 34.2 Å². The summed E-state index contributed by atoms with van der Waals surface area (Å²) in [6.07, 6.45) is 4.37. The Morgan fingerprint density at radius 1 is 0.457 bits per heavy atom. The molecular formula is C34H21N. The molecule has 0 aliphatic heterocycles. The molecule has 2 aliphatic rings. The molecule has 0 fully saturated rings. The van der Waals surface area contributed by atoms with Crippen molar-refractivity contribution in [2.24, 2.45) is 0 Å². The fourth-order valence-electron chi connectivity index (χ4n) is 6.90. The third-order valence-corrected chi connectivity index (χ3v) is 8.40. The predicted molar refractivity (Wildman–Crippen MR) is 146 cm³/mol. The maximum absolute atomic E-state index is 2.50. The molecule has 0 radical (unpaired) electrons. The normalized spacial score (nSPS) is 13.5. The Kier molecular flexibility index (Phi) is 3.19. The number of nitrogens with zero attached hydrogens (tertiary/aromatic N) is 1. The molecule has 0 unspecified atom stereocenters. The minimum Gasteiger partial charge on any atom is -0.314 e. The van der Waals surface area contributed by atoms with Crippen LogP contribution in [0, 0.1) is 0 Å². The van der Waals surface area contributed by atoms with E-state index in [9.17, 15) is 0 Å². The van der Waals surface area contributed by atoms with Gasteiger partial charge in [0.1, 0.15) is 0 Å². The molecule has 9 rings (SSSR count). The maximum Gasteiger partial charge on any atom is 0.0613 e. The number of aromatic nitrogens is 1. The molecule has 1 heteroatoms. The zero-order chi connectivity index (χ0) is 22.7. The number of hydrogen-bond acceptors (Lipinski definition) is 0. The van der Waals surface area contributed by atoms with E-state index in [1.165, 1.54) is 82.5 Å². The van der Waals surface area contributed by atoms with Gasteiger partial charge in [0.15, 0.2) is 0 Å². The molecule has 2 aliphatic carbocycles. The highest BCUT2D eigenvalue weighted by molar-refractivity contribution is 6.22. The number of hydrogen-bond donors (Lipinski definition) is 0. The molecule has 0 amide bonds. The van der Waals surface area contributed by atoms with Crippen molar-refractivity contribution in [2.45, 2.75) is 12.8 Å². The highest BCUT2D eigenvalue weighted by atomic mass is 14.9. The molecule has 0 atom stereocenters. The van der Waals surface area contributed by atoms with Crippen LogP contribution in [0.15, 0.2) is 103 Å². The van der Waals surface area contributed by atoms with E-state index in [4.69, 9.17) is 0 Å². The lowest BCUT2D eigenvalue weighted by Crippen LogP contribution is -1.96. The molecule has 35 heavy (non-hydrogen) atoms. The first kappa shape index (κ1) is 18.0. The standard InChI is InChI=1S/C34H21N/c1-5-11-25-20(7-1)15-23-17-32-30(18-29(23)25)28-14-13-27-24-10-4-2-8-21(24)16-31(27)34(28)35-19-22-9-3-6-12-26(22)33(32)35/h1-14,17-19H,15-16H2. The summed E-state index contributed by atoms with van der Waals surface area (Å²) >= 11 is 0. The van der Waals surface area contributed by atoms with E-state index < -0.39 is 0 Å². The second-order valence-corrected chi connectivity index (χ2v) is 10.1. The van der Waals surface area contributed by atoms with Crippen molar-refractivity contribution in [3.05, 3.63) is 126 Å². The third-order valence-electron chi connectivity index (χ3n) is 8.40.